The van der Waals surface area contributed by atoms with E-state index in [-0.39, 0.29) is 52.7 Å². The fourth-order valence-electron chi connectivity index (χ4n) is 5.43. The van der Waals surface area contributed by atoms with Gasteiger partial charge >= 0.3 is 5.97 Å². The first kappa shape index (κ1) is 28.4. The third kappa shape index (κ3) is 5.58. The van der Waals surface area contributed by atoms with Crippen LogP contribution < -0.4 is 4.74 Å². The van der Waals surface area contributed by atoms with Crippen molar-refractivity contribution in [2.45, 2.75) is 32.9 Å². The maximum absolute atomic E-state index is 15.6. The molecule has 10 heteroatoms. The number of benzene rings is 3. The fraction of sp³-hybridized carbons (Fsp3) is 0.242. The number of rotatable bonds is 8. The van der Waals surface area contributed by atoms with Gasteiger partial charge in [-0.2, -0.15) is 0 Å². The van der Waals surface area contributed by atoms with Gasteiger partial charge in [-0.3, -0.25) is 0 Å². The summed E-state index contributed by atoms with van der Waals surface area (Å²) in [7, 11) is 0. The van der Waals surface area contributed by atoms with E-state index in [1.54, 1.807) is 42.5 Å². The van der Waals surface area contributed by atoms with Crippen LogP contribution in [0.1, 0.15) is 47.2 Å². The van der Waals surface area contributed by atoms with Crippen molar-refractivity contribution in [3.8, 4) is 17.1 Å². The molecule has 0 saturated carbocycles. The molecular weight excluding hydrogens is 559 g/mol. The third-order valence-corrected chi connectivity index (χ3v) is 7.79. The third-order valence-electron chi connectivity index (χ3n) is 7.79. The van der Waals surface area contributed by atoms with Crippen molar-refractivity contribution < 1.29 is 32.5 Å². The smallest absolute Gasteiger partial charge is 0.335 e. The van der Waals surface area contributed by atoms with E-state index in [2.05, 4.69) is 4.98 Å². The molecular formula is C33H28F3N3O4. The van der Waals surface area contributed by atoms with Crippen LogP contribution in [0, 0.1) is 22.9 Å². The van der Waals surface area contributed by atoms with Crippen molar-refractivity contribution in [1.82, 2.24) is 14.5 Å². The molecule has 7 nitrogen and oxygen atoms in total. The number of ether oxygens (including phenoxy) is 2. The number of carboxylic acid groups (broad SMARTS) is 1. The van der Waals surface area contributed by atoms with Gasteiger partial charge in [-0.05, 0) is 48.0 Å². The van der Waals surface area contributed by atoms with Crippen LogP contribution in [0.5, 0.6) is 5.88 Å². The van der Waals surface area contributed by atoms with Gasteiger partial charge in [-0.25, -0.2) is 27.9 Å². The number of nitrogens with zero attached hydrogens (tertiary/aromatic N) is 3. The van der Waals surface area contributed by atoms with E-state index in [0.29, 0.717) is 35.6 Å². The molecule has 5 aromatic rings. The summed E-state index contributed by atoms with van der Waals surface area (Å²) in [6.45, 7) is 4.87. The highest BCUT2D eigenvalue weighted by molar-refractivity contribution is 5.92. The van der Waals surface area contributed by atoms with E-state index in [1.807, 2.05) is 18.4 Å². The summed E-state index contributed by atoms with van der Waals surface area (Å²) in [6.07, 6.45) is -0.0358. The lowest BCUT2D eigenvalue weighted by Crippen LogP contribution is -2.27. The van der Waals surface area contributed by atoms with Crippen LogP contribution in [-0.2, 0) is 17.8 Å². The number of halogens is 3. The SMILES string of the molecule is CC1(C)COCC1n1c(Cc2cc(F)c(-c3cccc(OCc4ccccc4F)n3)cc2F)nc2ccc(C(=O)O)cc21. The second kappa shape index (κ2) is 11.2. The van der Waals surface area contributed by atoms with Crippen LogP contribution in [0.15, 0.2) is 72.8 Å². The van der Waals surface area contributed by atoms with E-state index in [0.717, 1.165) is 12.1 Å². The molecule has 1 fully saturated rings. The van der Waals surface area contributed by atoms with Crippen LogP contribution in [0.3, 0.4) is 0 Å². The summed E-state index contributed by atoms with van der Waals surface area (Å²) in [5.74, 6) is -2.22. The summed E-state index contributed by atoms with van der Waals surface area (Å²) < 4.78 is 58.3. The molecule has 1 atom stereocenters. The lowest BCUT2D eigenvalue weighted by Gasteiger charge is -2.28. The average Bonchev–Trinajstić information content (AvgIpc) is 3.51. The normalized spacial score (nSPS) is 16.1. The molecule has 1 N–H and O–H groups in total. The highest BCUT2D eigenvalue weighted by atomic mass is 19.1. The number of hydrogen-bond acceptors (Lipinski definition) is 5. The van der Waals surface area contributed by atoms with Crippen molar-refractivity contribution in [2.24, 2.45) is 5.41 Å². The van der Waals surface area contributed by atoms with Gasteiger partial charge < -0.3 is 19.1 Å². The summed E-state index contributed by atoms with van der Waals surface area (Å²) in [4.78, 5) is 20.7. The summed E-state index contributed by atoms with van der Waals surface area (Å²) in [6, 6.07) is 17.5. The molecule has 1 saturated heterocycles. The van der Waals surface area contributed by atoms with Gasteiger partial charge in [0, 0.05) is 29.0 Å². The van der Waals surface area contributed by atoms with Gasteiger partial charge in [0.25, 0.3) is 0 Å². The Bertz CT molecular complexity index is 1850. The van der Waals surface area contributed by atoms with E-state index in [9.17, 15) is 14.3 Å². The number of carboxylic acids is 1. The minimum Gasteiger partial charge on any atom is -0.478 e. The Morgan fingerprint density at radius 3 is 2.53 bits per heavy atom. The van der Waals surface area contributed by atoms with Gasteiger partial charge in [-0.1, -0.05) is 38.1 Å². The van der Waals surface area contributed by atoms with Crippen molar-refractivity contribution in [1.29, 1.82) is 0 Å². The maximum Gasteiger partial charge on any atom is 0.335 e. The average molecular weight is 588 g/mol. The first-order valence-electron chi connectivity index (χ1n) is 13.7. The lowest BCUT2D eigenvalue weighted by molar-refractivity contribution is 0.0697. The Labute approximate surface area is 245 Å². The van der Waals surface area contributed by atoms with Crippen LogP contribution in [0.4, 0.5) is 13.2 Å². The number of aromatic nitrogens is 3. The second-order valence-electron chi connectivity index (χ2n) is 11.3. The lowest BCUT2D eigenvalue weighted by atomic mass is 9.87. The zero-order valence-electron chi connectivity index (χ0n) is 23.5. The van der Waals surface area contributed by atoms with Crippen molar-refractivity contribution >= 4 is 17.0 Å². The van der Waals surface area contributed by atoms with E-state index in [4.69, 9.17) is 14.5 Å². The Morgan fingerprint density at radius 2 is 1.79 bits per heavy atom. The molecule has 220 valence electrons. The molecule has 0 spiro atoms. The Morgan fingerprint density at radius 1 is 0.977 bits per heavy atom. The summed E-state index contributed by atoms with van der Waals surface area (Å²) in [5.41, 5.74) is 1.47. The molecule has 3 heterocycles. The largest absolute Gasteiger partial charge is 0.478 e. The Balaban J connectivity index is 1.32. The molecule has 0 radical (unpaired) electrons. The number of carbonyl (C=O) groups is 1. The van der Waals surface area contributed by atoms with Crippen LogP contribution >= 0.6 is 0 Å². The second-order valence-corrected chi connectivity index (χ2v) is 11.3. The van der Waals surface area contributed by atoms with Gasteiger partial charge in [0.2, 0.25) is 5.88 Å². The van der Waals surface area contributed by atoms with E-state index < -0.39 is 23.4 Å². The van der Waals surface area contributed by atoms with Crippen molar-refractivity contribution in [3.63, 3.8) is 0 Å². The maximum atomic E-state index is 15.6. The van der Waals surface area contributed by atoms with Gasteiger partial charge in [0.05, 0.1) is 41.5 Å². The van der Waals surface area contributed by atoms with Crippen molar-refractivity contribution in [2.75, 3.05) is 13.2 Å². The van der Waals surface area contributed by atoms with E-state index >= 15 is 8.78 Å². The van der Waals surface area contributed by atoms with Crippen LogP contribution in [0.2, 0.25) is 0 Å². The monoisotopic (exact) mass is 587 g/mol. The van der Waals surface area contributed by atoms with Crippen LogP contribution in [-0.4, -0.2) is 38.8 Å². The molecule has 1 unspecified atom stereocenters. The first-order chi connectivity index (χ1) is 20.6. The Kier molecular flexibility index (Phi) is 7.39. The molecule has 6 rings (SSSR count). The zero-order chi connectivity index (χ0) is 30.3. The number of pyridine rings is 1. The topological polar surface area (TPSA) is 86.5 Å². The van der Waals surface area contributed by atoms with Gasteiger partial charge in [0.15, 0.2) is 0 Å². The predicted molar refractivity (Wildman–Crippen MR) is 153 cm³/mol. The van der Waals surface area contributed by atoms with E-state index in [1.165, 1.54) is 18.2 Å². The first-order valence-corrected chi connectivity index (χ1v) is 13.7. The van der Waals surface area contributed by atoms with Gasteiger partial charge in [-0.15, -0.1) is 0 Å². The minimum atomic E-state index is -1.07. The molecule has 1 aliphatic heterocycles. The van der Waals surface area contributed by atoms with Gasteiger partial charge in [0.1, 0.15) is 29.9 Å². The molecule has 43 heavy (non-hydrogen) atoms. The Hall–Kier alpha value is -4.70. The standard InChI is InChI=1S/C33H28F3N3O4/c1-33(2)18-42-17-29(33)39-28-13-19(32(40)41)10-11-27(28)37-30(39)14-21-12-25(36)22(15-24(21)35)26-8-5-9-31(38-26)43-16-20-6-3-4-7-23(20)34/h3-13,15,29H,14,16-18H2,1-2H3,(H,40,41). The molecule has 1 aliphatic rings. The molecule has 0 amide bonds. The predicted octanol–water partition coefficient (Wildman–Crippen LogP) is 6.98. The molecule has 2 aromatic heterocycles. The summed E-state index contributed by atoms with van der Waals surface area (Å²) >= 11 is 0. The minimum absolute atomic E-state index is 0.0358. The summed E-state index contributed by atoms with van der Waals surface area (Å²) in [5, 5.41) is 9.57. The van der Waals surface area contributed by atoms with Crippen LogP contribution in [0.25, 0.3) is 22.3 Å². The number of hydrogen-bond donors (Lipinski definition) is 1. The highest BCUT2D eigenvalue weighted by Crippen LogP contribution is 2.40. The number of imidazole rings is 1. The molecule has 0 bridgehead atoms. The number of fused-ring (bicyclic) bond motifs is 1. The quantitative estimate of drug-likeness (QED) is 0.211. The van der Waals surface area contributed by atoms with Crippen molar-refractivity contribution in [3.05, 3.63) is 113 Å². The highest BCUT2D eigenvalue weighted by Gasteiger charge is 2.39. The molecule has 0 aliphatic carbocycles. The fourth-order valence-corrected chi connectivity index (χ4v) is 5.43. The number of aromatic carboxylic acids is 1. The zero-order valence-corrected chi connectivity index (χ0v) is 23.5. The molecule has 3 aromatic carbocycles.